The highest BCUT2D eigenvalue weighted by molar-refractivity contribution is 5.21. The summed E-state index contributed by atoms with van der Waals surface area (Å²) in [4.78, 5) is 2.46. The predicted octanol–water partition coefficient (Wildman–Crippen LogP) is 4.36. The fourth-order valence-corrected chi connectivity index (χ4v) is 2.66. The fraction of sp³-hybridized carbons (Fsp3) is 0.667. The highest BCUT2D eigenvalue weighted by Crippen LogP contribution is 2.23. The topological polar surface area (TPSA) is 29.3 Å². The van der Waals surface area contributed by atoms with Crippen molar-refractivity contribution in [1.29, 1.82) is 0 Å². The molecule has 0 spiro atoms. The van der Waals surface area contributed by atoms with Gasteiger partial charge in [-0.05, 0) is 38.8 Å². The minimum Gasteiger partial charge on any atom is -0.324 e. The third-order valence-electron chi connectivity index (χ3n) is 4.18. The molecule has 1 aromatic carbocycles. The van der Waals surface area contributed by atoms with Gasteiger partial charge in [0.25, 0.3) is 0 Å². The van der Waals surface area contributed by atoms with Crippen LogP contribution in [0.2, 0.25) is 0 Å². The number of unbranched alkanes of at least 4 members (excludes halogenated alkanes) is 2. The van der Waals surface area contributed by atoms with Crippen molar-refractivity contribution in [3.05, 3.63) is 35.6 Å². The van der Waals surface area contributed by atoms with Crippen LogP contribution in [0.15, 0.2) is 24.3 Å². The Bertz CT molecular complexity index is 406. The number of benzene rings is 1. The molecule has 0 aliphatic heterocycles. The summed E-state index contributed by atoms with van der Waals surface area (Å²) >= 11 is 0. The molecule has 0 heterocycles. The summed E-state index contributed by atoms with van der Waals surface area (Å²) in [6.07, 6.45) is 3.71. The summed E-state index contributed by atoms with van der Waals surface area (Å²) in [5.41, 5.74) is 6.90. The lowest BCUT2D eigenvalue weighted by Crippen LogP contribution is -2.38. The molecule has 2 N–H and O–H groups in total. The average Bonchev–Trinajstić information content (AvgIpc) is 2.45. The maximum absolute atomic E-state index is 13.9. The van der Waals surface area contributed by atoms with Gasteiger partial charge in [-0.3, -0.25) is 0 Å². The van der Waals surface area contributed by atoms with Crippen LogP contribution in [0.3, 0.4) is 0 Å². The van der Waals surface area contributed by atoms with Gasteiger partial charge in [-0.25, -0.2) is 4.39 Å². The van der Waals surface area contributed by atoms with E-state index >= 15 is 0 Å². The molecule has 0 aliphatic rings. The van der Waals surface area contributed by atoms with Gasteiger partial charge in [0.05, 0.1) is 0 Å². The molecule has 2 atom stereocenters. The molecule has 3 heteroatoms. The molecular weight excluding hydrogens is 263 g/mol. The van der Waals surface area contributed by atoms with E-state index in [9.17, 15) is 4.39 Å². The molecular formula is C18H31FN2. The van der Waals surface area contributed by atoms with E-state index in [1.54, 1.807) is 12.1 Å². The molecule has 0 saturated carbocycles. The quantitative estimate of drug-likeness (QED) is 0.686. The van der Waals surface area contributed by atoms with E-state index in [2.05, 4.69) is 32.6 Å². The van der Waals surface area contributed by atoms with Crippen molar-refractivity contribution in [3.8, 4) is 0 Å². The van der Waals surface area contributed by atoms with Gasteiger partial charge in [-0.1, -0.05) is 44.9 Å². The third kappa shape index (κ3) is 5.76. The summed E-state index contributed by atoms with van der Waals surface area (Å²) < 4.78 is 13.9. The van der Waals surface area contributed by atoms with Crippen LogP contribution in [0, 0.1) is 11.7 Å². The van der Waals surface area contributed by atoms with Crippen molar-refractivity contribution in [1.82, 2.24) is 4.90 Å². The van der Waals surface area contributed by atoms with E-state index in [-0.39, 0.29) is 17.8 Å². The normalized spacial score (nSPS) is 14.7. The Balaban J connectivity index is 2.64. The lowest BCUT2D eigenvalue weighted by Gasteiger charge is -2.32. The van der Waals surface area contributed by atoms with Crippen LogP contribution in [0.4, 0.5) is 4.39 Å². The van der Waals surface area contributed by atoms with E-state index in [4.69, 9.17) is 5.73 Å². The second-order valence-corrected chi connectivity index (χ2v) is 6.32. The van der Waals surface area contributed by atoms with Crippen LogP contribution < -0.4 is 5.73 Å². The molecule has 0 bridgehead atoms. The summed E-state index contributed by atoms with van der Waals surface area (Å²) in [6, 6.07) is 7.10. The van der Waals surface area contributed by atoms with Crippen molar-refractivity contribution in [3.63, 3.8) is 0 Å². The Labute approximate surface area is 129 Å². The average molecular weight is 294 g/mol. The monoisotopic (exact) mass is 294 g/mol. The first-order valence-corrected chi connectivity index (χ1v) is 8.21. The van der Waals surface area contributed by atoms with Crippen LogP contribution in [-0.4, -0.2) is 24.0 Å². The Kier molecular flexibility index (Phi) is 7.91. The Morgan fingerprint density at radius 2 is 1.81 bits per heavy atom. The van der Waals surface area contributed by atoms with E-state index in [0.717, 1.165) is 13.1 Å². The summed E-state index contributed by atoms with van der Waals surface area (Å²) in [6.45, 7) is 10.8. The summed E-state index contributed by atoms with van der Waals surface area (Å²) in [7, 11) is 0. The predicted molar refractivity (Wildman–Crippen MR) is 88.7 cm³/mol. The second-order valence-electron chi connectivity index (χ2n) is 6.32. The molecule has 120 valence electrons. The zero-order chi connectivity index (χ0) is 15.8. The Morgan fingerprint density at radius 1 is 1.14 bits per heavy atom. The minimum absolute atomic E-state index is 0.195. The molecule has 0 radical (unpaired) electrons. The van der Waals surface area contributed by atoms with Gasteiger partial charge in [-0.2, -0.15) is 0 Å². The molecule has 0 fully saturated rings. The van der Waals surface area contributed by atoms with Crippen LogP contribution in [0.1, 0.15) is 58.6 Å². The van der Waals surface area contributed by atoms with Gasteiger partial charge in [0.1, 0.15) is 5.82 Å². The zero-order valence-electron chi connectivity index (χ0n) is 14.0. The zero-order valence-corrected chi connectivity index (χ0v) is 14.0. The lowest BCUT2D eigenvalue weighted by atomic mass is 9.94. The number of halogens is 1. The van der Waals surface area contributed by atoms with Crippen molar-refractivity contribution in [2.24, 2.45) is 11.7 Å². The molecule has 0 saturated heterocycles. The Hall–Kier alpha value is -0.930. The van der Waals surface area contributed by atoms with Gasteiger partial charge in [0.2, 0.25) is 0 Å². The van der Waals surface area contributed by atoms with Crippen LogP contribution in [-0.2, 0) is 0 Å². The van der Waals surface area contributed by atoms with Gasteiger partial charge >= 0.3 is 0 Å². The molecule has 1 rings (SSSR count). The number of nitrogens with two attached hydrogens (primary N) is 1. The van der Waals surface area contributed by atoms with Crippen molar-refractivity contribution < 1.29 is 4.39 Å². The fourth-order valence-electron chi connectivity index (χ4n) is 2.66. The number of rotatable bonds is 9. The Morgan fingerprint density at radius 3 is 2.38 bits per heavy atom. The molecule has 21 heavy (non-hydrogen) atoms. The molecule has 0 amide bonds. The maximum atomic E-state index is 13.9. The van der Waals surface area contributed by atoms with Gasteiger partial charge in [-0.15, -0.1) is 0 Å². The summed E-state index contributed by atoms with van der Waals surface area (Å²) in [5.74, 6) is 0.0323. The van der Waals surface area contributed by atoms with Crippen LogP contribution in [0.25, 0.3) is 0 Å². The number of hydrogen-bond donors (Lipinski definition) is 1. The van der Waals surface area contributed by atoms with E-state index in [1.165, 1.54) is 25.3 Å². The molecule has 2 nitrogen and oxygen atoms in total. The standard InChI is InChI=1S/C18H31FN2/c1-5-6-9-12-21(14(2)3)13-15(4)18(20)16-10-7-8-11-17(16)19/h7-8,10-11,14-15,18H,5-6,9,12-13,20H2,1-4H3. The van der Waals surface area contributed by atoms with E-state index < -0.39 is 0 Å². The first-order chi connectivity index (χ1) is 9.97. The van der Waals surface area contributed by atoms with Gasteiger partial charge in [0.15, 0.2) is 0 Å². The summed E-state index contributed by atoms with van der Waals surface area (Å²) in [5, 5.41) is 0. The second kappa shape index (κ2) is 9.16. The first-order valence-electron chi connectivity index (χ1n) is 8.21. The number of nitrogens with zero attached hydrogens (tertiary/aromatic N) is 1. The largest absolute Gasteiger partial charge is 0.324 e. The number of hydrogen-bond acceptors (Lipinski definition) is 2. The van der Waals surface area contributed by atoms with Crippen LogP contribution >= 0.6 is 0 Å². The van der Waals surface area contributed by atoms with E-state index in [0.29, 0.717) is 11.6 Å². The van der Waals surface area contributed by atoms with Crippen molar-refractivity contribution in [2.75, 3.05) is 13.1 Å². The smallest absolute Gasteiger partial charge is 0.127 e. The lowest BCUT2D eigenvalue weighted by molar-refractivity contribution is 0.177. The molecule has 0 aliphatic carbocycles. The minimum atomic E-state index is -0.251. The highest BCUT2D eigenvalue weighted by atomic mass is 19.1. The van der Waals surface area contributed by atoms with Crippen molar-refractivity contribution in [2.45, 2.75) is 59.0 Å². The first kappa shape index (κ1) is 18.1. The molecule has 1 aromatic rings. The van der Waals surface area contributed by atoms with E-state index in [1.807, 2.05) is 6.07 Å². The third-order valence-corrected chi connectivity index (χ3v) is 4.18. The molecule has 0 aromatic heterocycles. The van der Waals surface area contributed by atoms with Crippen molar-refractivity contribution >= 4 is 0 Å². The van der Waals surface area contributed by atoms with Gasteiger partial charge in [0, 0.05) is 24.2 Å². The van der Waals surface area contributed by atoms with Gasteiger partial charge < -0.3 is 10.6 Å². The molecule has 2 unspecified atom stereocenters. The maximum Gasteiger partial charge on any atom is 0.127 e. The highest BCUT2D eigenvalue weighted by Gasteiger charge is 2.21. The van der Waals surface area contributed by atoms with Crippen LogP contribution in [0.5, 0.6) is 0 Å². The SMILES string of the molecule is CCCCCN(CC(C)C(N)c1ccccc1F)C(C)C.